The third kappa shape index (κ3) is 6.15. The number of nitrogens with zero attached hydrogens (tertiary/aromatic N) is 2. The van der Waals surface area contributed by atoms with Gasteiger partial charge < -0.3 is 19.7 Å². The zero-order chi connectivity index (χ0) is 27.4. The average molecular weight is 593 g/mol. The van der Waals surface area contributed by atoms with Crippen LogP contribution in [0.15, 0.2) is 60.7 Å². The second kappa shape index (κ2) is 12.2. The van der Waals surface area contributed by atoms with Crippen LogP contribution < -0.4 is 19.7 Å². The maximum atomic E-state index is 13.7. The van der Waals surface area contributed by atoms with E-state index in [1.165, 1.54) is 12.0 Å². The predicted octanol–water partition coefficient (Wildman–Crippen LogP) is 6.24. The normalized spacial score (nSPS) is 15.1. The summed E-state index contributed by atoms with van der Waals surface area (Å²) in [6.07, 6.45) is 0.372. The molecule has 38 heavy (non-hydrogen) atoms. The van der Waals surface area contributed by atoms with E-state index < -0.39 is 6.04 Å². The van der Waals surface area contributed by atoms with Crippen molar-refractivity contribution in [2.45, 2.75) is 18.9 Å². The van der Waals surface area contributed by atoms with Crippen LogP contribution in [0.4, 0.5) is 11.4 Å². The summed E-state index contributed by atoms with van der Waals surface area (Å²) < 4.78 is 10.4. The molecule has 3 aromatic rings. The molecule has 1 saturated heterocycles. The summed E-state index contributed by atoms with van der Waals surface area (Å²) >= 11 is 24.5. The van der Waals surface area contributed by atoms with E-state index in [9.17, 15) is 9.59 Å². The molecule has 1 aliphatic heterocycles. The molecule has 0 unspecified atom stereocenters. The molecule has 1 atom stereocenters. The number of halogens is 3. The van der Waals surface area contributed by atoms with Crippen LogP contribution in [0, 0.1) is 0 Å². The fraction of sp³-hybridized carbons (Fsp3) is 0.222. The molecule has 0 saturated carbocycles. The first-order valence-corrected chi connectivity index (χ1v) is 13.1. The first-order chi connectivity index (χ1) is 18.2. The number of hydrogen-bond donors (Lipinski definition) is 1. The van der Waals surface area contributed by atoms with Crippen LogP contribution >= 0.6 is 47.0 Å². The summed E-state index contributed by atoms with van der Waals surface area (Å²) in [5, 5.41) is 4.48. The van der Waals surface area contributed by atoms with Gasteiger partial charge >= 0.3 is 0 Å². The molecule has 11 heteroatoms. The number of hydrogen-bond acceptors (Lipinski definition) is 5. The Kier molecular flexibility index (Phi) is 8.99. The first-order valence-electron chi connectivity index (χ1n) is 11.6. The van der Waals surface area contributed by atoms with Crippen molar-refractivity contribution < 1.29 is 19.1 Å². The smallest absolute Gasteiger partial charge is 0.256 e. The van der Waals surface area contributed by atoms with Crippen molar-refractivity contribution in [3.8, 4) is 11.5 Å². The number of thiocarbonyl (C=S) groups is 1. The number of methoxy groups -OCH3 is 2. The topological polar surface area (TPSA) is 71.1 Å². The molecule has 0 aromatic heterocycles. The number of benzene rings is 3. The largest absolute Gasteiger partial charge is 0.497 e. The maximum absolute atomic E-state index is 13.7. The van der Waals surface area contributed by atoms with Gasteiger partial charge in [0.15, 0.2) is 5.11 Å². The molecule has 0 bridgehead atoms. The maximum Gasteiger partial charge on any atom is 0.256 e. The van der Waals surface area contributed by atoms with Gasteiger partial charge in [0.05, 0.1) is 31.4 Å². The highest BCUT2D eigenvalue weighted by molar-refractivity contribution is 7.80. The van der Waals surface area contributed by atoms with E-state index in [2.05, 4.69) is 5.32 Å². The fourth-order valence-electron chi connectivity index (χ4n) is 4.15. The molecule has 4 rings (SSSR count). The number of carbonyl (C=O) groups excluding carboxylic acids is 2. The van der Waals surface area contributed by atoms with Gasteiger partial charge in [-0.15, -0.1) is 0 Å². The molecule has 7 nitrogen and oxygen atoms in total. The second-order valence-corrected chi connectivity index (χ2v) is 10.1. The van der Waals surface area contributed by atoms with Gasteiger partial charge in [-0.2, -0.15) is 0 Å². The zero-order valence-corrected chi connectivity index (χ0v) is 23.6. The van der Waals surface area contributed by atoms with Gasteiger partial charge in [0, 0.05) is 22.3 Å². The molecule has 2 amide bonds. The predicted molar refractivity (Wildman–Crippen MR) is 155 cm³/mol. The number of anilines is 2. The van der Waals surface area contributed by atoms with Crippen LogP contribution in [0.2, 0.25) is 15.1 Å². The van der Waals surface area contributed by atoms with Gasteiger partial charge in [0.1, 0.15) is 17.5 Å². The Balaban J connectivity index is 1.58. The van der Waals surface area contributed by atoms with Gasteiger partial charge in [-0.05, 0) is 78.8 Å². The van der Waals surface area contributed by atoms with Crippen LogP contribution in [0.1, 0.15) is 12.0 Å². The minimum Gasteiger partial charge on any atom is -0.497 e. The minimum absolute atomic E-state index is 0.111. The third-order valence-corrected chi connectivity index (χ3v) is 7.40. The Bertz CT molecular complexity index is 1370. The van der Waals surface area contributed by atoms with Crippen molar-refractivity contribution in [2.75, 3.05) is 31.0 Å². The highest BCUT2D eigenvalue weighted by atomic mass is 35.5. The third-order valence-electron chi connectivity index (χ3n) is 6.10. The van der Waals surface area contributed by atoms with Gasteiger partial charge in [0.2, 0.25) is 5.91 Å². The van der Waals surface area contributed by atoms with Crippen molar-refractivity contribution in [2.24, 2.45) is 0 Å². The molecule has 1 aliphatic rings. The molecule has 1 heterocycles. The number of nitrogens with one attached hydrogen (secondary N) is 1. The zero-order valence-electron chi connectivity index (χ0n) is 20.5. The molecule has 0 spiro atoms. The van der Waals surface area contributed by atoms with E-state index >= 15 is 0 Å². The fourth-order valence-corrected chi connectivity index (χ4v) is 5.32. The van der Waals surface area contributed by atoms with Gasteiger partial charge in [-0.3, -0.25) is 14.5 Å². The highest BCUT2D eigenvalue weighted by Gasteiger charge is 2.44. The quantitative estimate of drug-likeness (QED) is 0.297. The van der Waals surface area contributed by atoms with Crippen LogP contribution in [0.25, 0.3) is 0 Å². The molecule has 3 aromatic carbocycles. The molecular weight excluding hydrogens is 569 g/mol. The summed E-state index contributed by atoms with van der Waals surface area (Å²) in [4.78, 5) is 29.8. The number of rotatable bonds is 9. The summed E-state index contributed by atoms with van der Waals surface area (Å²) in [5.74, 6) is 0.474. The van der Waals surface area contributed by atoms with Crippen molar-refractivity contribution in [1.82, 2.24) is 4.90 Å². The SMILES string of the molecule is COc1ccc(NC(=O)C[C@@H]2C(=O)N(c3ccc(OC)c(Cl)c3)C(=S)N2CCc2ccc(Cl)cc2Cl)cc1. The Morgan fingerprint density at radius 1 is 0.974 bits per heavy atom. The van der Waals surface area contributed by atoms with Crippen molar-refractivity contribution in [3.63, 3.8) is 0 Å². The molecule has 1 fully saturated rings. The van der Waals surface area contributed by atoms with E-state index in [4.69, 9.17) is 56.5 Å². The van der Waals surface area contributed by atoms with E-state index in [1.807, 2.05) is 6.07 Å². The second-order valence-electron chi connectivity index (χ2n) is 8.45. The van der Waals surface area contributed by atoms with E-state index in [-0.39, 0.29) is 23.3 Å². The first kappa shape index (κ1) is 28.0. The Morgan fingerprint density at radius 2 is 1.71 bits per heavy atom. The Morgan fingerprint density at radius 3 is 2.34 bits per heavy atom. The minimum atomic E-state index is -0.826. The van der Waals surface area contributed by atoms with Crippen LogP contribution in [0.5, 0.6) is 11.5 Å². The molecule has 0 aliphatic carbocycles. The van der Waals surface area contributed by atoms with Crippen LogP contribution in [-0.4, -0.2) is 48.6 Å². The lowest BCUT2D eigenvalue weighted by Gasteiger charge is -2.24. The molecule has 198 valence electrons. The Labute approximate surface area is 241 Å². The molecule has 1 N–H and O–H groups in total. The van der Waals surface area contributed by atoms with E-state index in [1.54, 1.807) is 66.6 Å². The average Bonchev–Trinajstić information content (AvgIpc) is 3.12. The van der Waals surface area contributed by atoms with Gasteiger partial charge in [-0.1, -0.05) is 40.9 Å². The molecule has 0 radical (unpaired) electrons. The summed E-state index contributed by atoms with van der Waals surface area (Å²) in [7, 11) is 3.07. The number of ether oxygens (including phenoxy) is 2. The lowest BCUT2D eigenvalue weighted by Crippen LogP contribution is -2.39. The van der Waals surface area contributed by atoms with Crippen LogP contribution in [-0.2, 0) is 16.0 Å². The lowest BCUT2D eigenvalue weighted by atomic mass is 10.1. The Hall–Kier alpha value is -3.04. The summed E-state index contributed by atoms with van der Waals surface area (Å²) in [6.45, 7) is 0.354. The van der Waals surface area contributed by atoms with Crippen molar-refractivity contribution in [3.05, 3.63) is 81.3 Å². The van der Waals surface area contributed by atoms with E-state index in [0.717, 1.165) is 5.56 Å². The number of carbonyl (C=O) groups is 2. The standard InChI is InChI=1S/C27H24Cl3N3O4S/c1-36-20-8-5-18(6-9-20)31-25(34)15-23-26(35)33(19-7-10-24(37-2)22(30)14-19)27(38)32(23)12-11-16-3-4-17(28)13-21(16)29/h3-10,13-14,23H,11-12,15H2,1-2H3,(H,31,34)/t23-/m1/s1. The van der Waals surface area contributed by atoms with Crippen molar-refractivity contribution >= 4 is 75.3 Å². The van der Waals surface area contributed by atoms with Gasteiger partial charge in [0.25, 0.3) is 5.91 Å². The monoisotopic (exact) mass is 591 g/mol. The van der Waals surface area contributed by atoms with Gasteiger partial charge in [-0.25, -0.2) is 0 Å². The van der Waals surface area contributed by atoms with Crippen molar-refractivity contribution in [1.29, 1.82) is 0 Å². The summed E-state index contributed by atoms with van der Waals surface area (Å²) in [5.41, 5.74) is 1.92. The number of amides is 2. The van der Waals surface area contributed by atoms with Crippen LogP contribution in [0.3, 0.4) is 0 Å². The van der Waals surface area contributed by atoms with E-state index in [0.29, 0.717) is 50.9 Å². The molecular formula is C27H24Cl3N3O4S. The summed E-state index contributed by atoms with van der Waals surface area (Å²) in [6, 6.07) is 16.3. The highest BCUT2D eigenvalue weighted by Crippen LogP contribution is 2.34. The lowest BCUT2D eigenvalue weighted by molar-refractivity contribution is -0.124.